The van der Waals surface area contributed by atoms with E-state index in [1.54, 1.807) is 5.57 Å². The third-order valence-corrected chi connectivity index (χ3v) is 25.3. The predicted octanol–water partition coefficient (Wildman–Crippen LogP) is 15.3. The molecule has 10 aliphatic rings. The van der Waals surface area contributed by atoms with Crippen LogP contribution in [0, 0.1) is 75.4 Å². The van der Waals surface area contributed by atoms with Gasteiger partial charge in [0, 0.05) is 25.9 Å². The van der Waals surface area contributed by atoms with Crippen molar-refractivity contribution in [1.29, 1.82) is 0 Å². The van der Waals surface area contributed by atoms with Crippen molar-refractivity contribution in [3.8, 4) is 0 Å². The van der Waals surface area contributed by atoms with Crippen LogP contribution in [0.3, 0.4) is 0 Å². The Morgan fingerprint density at radius 2 is 0.911 bits per heavy atom. The molecule has 10 fully saturated rings. The first-order valence-electron chi connectivity index (χ1n) is 36.2. The quantitative estimate of drug-likeness (QED) is 0.0634. The highest BCUT2D eigenvalue weighted by Crippen LogP contribution is 2.62. The highest BCUT2D eigenvalue weighted by atomic mass is 16.5. The lowest BCUT2D eigenvalue weighted by Crippen LogP contribution is -2.39. The minimum atomic E-state index is -0.680. The number of fused-ring (bicyclic) bond motifs is 3. The van der Waals surface area contributed by atoms with Gasteiger partial charge in [0.05, 0.1) is 60.5 Å². The van der Waals surface area contributed by atoms with E-state index in [1.165, 1.54) is 101 Å². The number of ether oxygens (including phenoxy) is 1. The monoisotopic (exact) mass is 1250 g/mol. The average molecular weight is 1250 g/mol. The molecule has 10 saturated carbocycles. The van der Waals surface area contributed by atoms with Crippen molar-refractivity contribution in [3.63, 3.8) is 0 Å². The Labute approximate surface area is 545 Å². The molecule has 506 valence electrons. The maximum absolute atomic E-state index is 10.3. The number of hydrogen-bond donors (Lipinski definition) is 9. The summed E-state index contributed by atoms with van der Waals surface area (Å²) in [5.41, 5.74) is 10.1. The van der Waals surface area contributed by atoms with Crippen LogP contribution in [0.4, 0.5) is 0 Å². The Hall–Kier alpha value is -3.00. The van der Waals surface area contributed by atoms with Gasteiger partial charge >= 0.3 is 0 Å². The van der Waals surface area contributed by atoms with Crippen LogP contribution in [0.15, 0.2) is 119 Å². The van der Waals surface area contributed by atoms with E-state index < -0.39 is 42.2 Å². The molecule has 0 radical (unpaired) electrons. The van der Waals surface area contributed by atoms with Crippen LogP contribution in [0.5, 0.6) is 0 Å². The van der Waals surface area contributed by atoms with E-state index in [9.17, 15) is 46.0 Å². The van der Waals surface area contributed by atoms with Gasteiger partial charge in [-0.2, -0.15) is 0 Å². The van der Waals surface area contributed by atoms with Gasteiger partial charge in [0.15, 0.2) is 0 Å². The highest BCUT2D eigenvalue weighted by molar-refractivity contribution is 5.41. The van der Waals surface area contributed by atoms with E-state index in [-0.39, 0.29) is 23.7 Å². The second-order valence-electron chi connectivity index (χ2n) is 32.6. The van der Waals surface area contributed by atoms with Gasteiger partial charge in [-0.3, -0.25) is 0 Å². The van der Waals surface area contributed by atoms with Crippen molar-refractivity contribution in [3.05, 3.63) is 119 Å². The Morgan fingerprint density at radius 3 is 1.31 bits per heavy atom. The normalized spacial score (nSPS) is 40.2. The Kier molecular flexibility index (Phi) is 25.3. The second kappa shape index (κ2) is 31.3. The lowest BCUT2D eigenvalue weighted by Gasteiger charge is -2.44. The average Bonchev–Trinajstić information content (AvgIpc) is 1.64. The SMILES string of the molecule is C=C1/C(=C\C=C2/CCC[C@]3(C)[C@@H]([C@H](C)/C=C/[C@@H](O)C4CC4)CC[C@@H]23)C[C@@H](O)C[C@@H]1O.C=C1/C(=C\C=C2/CCC[C@]3(C)[C@@H]([C@H](C)CC[C@@H](O)C(C)C)CC[C@@H]23)C[C@@H](O)C[C@@H]1O.C=C1/C(=C\C=C2/CCC[C@]3(C)[C@@H]([C@H](C)OCCC(C)(C)O)CC[C@@H]23)C[C@@H](O)C[C@@H]1O. The summed E-state index contributed by atoms with van der Waals surface area (Å²) in [5.74, 6) is 5.73. The van der Waals surface area contributed by atoms with Crippen LogP contribution in [0.1, 0.15) is 236 Å². The molecular formula is C80H126O10. The molecule has 90 heavy (non-hydrogen) atoms. The fourth-order valence-electron chi connectivity index (χ4n) is 19.4. The fourth-order valence-corrected chi connectivity index (χ4v) is 19.4. The maximum Gasteiger partial charge on any atom is 0.0811 e. The molecule has 0 saturated heterocycles. The summed E-state index contributed by atoms with van der Waals surface area (Å²) in [6.07, 6.45) is 40.4. The van der Waals surface area contributed by atoms with E-state index in [2.05, 4.69) is 124 Å². The van der Waals surface area contributed by atoms with Gasteiger partial charge in [0.2, 0.25) is 0 Å². The highest BCUT2D eigenvalue weighted by Gasteiger charge is 2.53. The maximum atomic E-state index is 10.3. The summed E-state index contributed by atoms with van der Waals surface area (Å²) in [4.78, 5) is 0. The van der Waals surface area contributed by atoms with E-state index in [1.807, 2.05) is 13.8 Å². The number of hydrogen-bond acceptors (Lipinski definition) is 10. The van der Waals surface area contributed by atoms with Crippen LogP contribution >= 0.6 is 0 Å². The van der Waals surface area contributed by atoms with Gasteiger partial charge in [0.25, 0.3) is 0 Å². The van der Waals surface area contributed by atoms with E-state index in [4.69, 9.17) is 4.74 Å². The van der Waals surface area contributed by atoms with Crippen molar-refractivity contribution in [2.45, 2.75) is 297 Å². The molecule has 0 aliphatic heterocycles. The molecular weight excluding hydrogens is 1120 g/mol. The van der Waals surface area contributed by atoms with Gasteiger partial charge in [-0.05, 0) is 277 Å². The minimum absolute atomic E-state index is 0.180. The van der Waals surface area contributed by atoms with Gasteiger partial charge in [-0.25, -0.2) is 0 Å². The zero-order valence-electron chi connectivity index (χ0n) is 57.7. The van der Waals surface area contributed by atoms with Crippen molar-refractivity contribution < 1.29 is 50.7 Å². The number of aliphatic hydroxyl groups is 9. The van der Waals surface area contributed by atoms with Crippen molar-refractivity contribution in [1.82, 2.24) is 0 Å². The van der Waals surface area contributed by atoms with Gasteiger partial charge in [-0.1, -0.05) is 134 Å². The summed E-state index contributed by atoms with van der Waals surface area (Å²) in [6.45, 7) is 35.0. The zero-order valence-corrected chi connectivity index (χ0v) is 57.7. The van der Waals surface area contributed by atoms with Crippen LogP contribution in [-0.4, -0.2) is 113 Å². The number of rotatable bonds is 17. The molecule has 0 aromatic carbocycles. The molecule has 0 amide bonds. The lowest BCUT2D eigenvalue weighted by molar-refractivity contribution is -0.0454. The molecule has 20 atom stereocenters. The fraction of sp³-hybridized carbons (Fsp3) is 0.750. The minimum Gasteiger partial charge on any atom is -0.393 e. The second-order valence-corrected chi connectivity index (χ2v) is 32.6. The van der Waals surface area contributed by atoms with E-state index in [0.717, 1.165) is 71.5 Å². The molecule has 9 N–H and O–H groups in total. The lowest BCUT2D eigenvalue weighted by atomic mass is 9.60. The van der Waals surface area contributed by atoms with Crippen molar-refractivity contribution in [2.24, 2.45) is 75.4 Å². The molecule has 0 bridgehead atoms. The molecule has 0 spiro atoms. The first-order chi connectivity index (χ1) is 42.4. The van der Waals surface area contributed by atoms with E-state index >= 15 is 0 Å². The third kappa shape index (κ3) is 17.7. The zero-order chi connectivity index (χ0) is 65.6. The summed E-state index contributed by atoms with van der Waals surface area (Å²) in [6, 6.07) is 0. The first kappa shape index (κ1) is 72.8. The van der Waals surface area contributed by atoms with E-state index in [0.29, 0.717) is 116 Å². The first-order valence-corrected chi connectivity index (χ1v) is 36.2. The van der Waals surface area contributed by atoms with Gasteiger partial charge in [-0.15, -0.1) is 0 Å². The summed E-state index contributed by atoms with van der Waals surface area (Å²) < 4.78 is 6.19. The Bertz CT molecular complexity index is 2670. The van der Waals surface area contributed by atoms with Crippen molar-refractivity contribution in [2.75, 3.05) is 6.61 Å². The molecule has 10 nitrogen and oxygen atoms in total. The van der Waals surface area contributed by atoms with Crippen molar-refractivity contribution >= 4 is 0 Å². The van der Waals surface area contributed by atoms with Crippen LogP contribution in [0.2, 0.25) is 0 Å². The molecule has 10 rings (SSSR count). The van der Waals surface area contributed by atoms with Gasteiger partial charge in [0.1, 0.15) is 0 Å². The molecule has 10 heteroatoms. The molecule has 0 unspecified atom stereocenters. The molecule has 10 aliphatic carbocycles. The smallest absolute Gasteiger partial charge is 0.0811 e. The summed E-state index contributed by atoms with van der Waals surface area (Å²) >= 11 is 0. The standard InChI is InChI=1S/C27H40O3.C27H44O3.C26H42O4/c1-17(6-13-25(29)20-8-9-20)23-11-12-24-19(5-4-14-27(23,24)3)7-10-21-15-22(28)16-26(30)18(21)2;1-17(2)25(29)13-8-18(3)23-11-12-24-20(7-6-14-27(23,24)5)9-10-21-15-22(28)16-26(30)19(21)4;1-17-20(15-21(27)16-24(17)28)9-8-19-7-6-12-26(5)22(10-11-23(19)26)18(2)30-14-13-25(3,4)29/h6-7,10,13,17,20,22-26,28-30H,2,4-5,8-9,11-12,14-16H2,1,3H3;9-10,17-18,22-26,28-30H,4,6-8,11-16H2,1-3,5H3;8-9,18,21-24,27-29H,1,6-7,10-16H2,2-5H3/b13-6+,19-7+,21-10-;20-9+,21-10-;19-8+,20-9-/t17-,22-,23-,24+,25-,26+,27-;18-,22-,23-,24+,25-,26+,27-;18-,21+,22+,23-,24-,26+/m110/s1. The van der Waals surface area contributed by atoms with Gasteiger partial charge < -0.3 is 50.7 Å². The summed E-state index contributed by atoms with van der Waals surface area (Å²) in [7, 11) is 0. The predicted molar refractivity (Wildman–Crippen MR) is 367 cm³/mol. The number of allylic oxidation sites excluding steroid dienone is 10. The molecule has 0 heterocycles. The largest absolute Gasteiger partial charge is 0.393 e. The van der Waals surface area contributed by atoms with Crippen LogP contribution < -0.4 is 0 Å². The summed E-state index contributed by atoms with van der Waals surface area (Å²) in [5, 5.41) is 90.9. The molecule has 0 aromatic heterocycles. The number of aliphatic hydroxyl groups excluding tert-OH is 8. The van der Waals surface area contributed by atoms with Crippen LogP contribution in [0.25, 0.3) is 0 Å². The van der Waals surface area contributed by atoms with Crippen LogP contribution in [-0.2, 0) is 4.74 Å². The molecule has 0 aromatic rings. The Balaban J connectivity index is 0.000000174. The third-order valence-electron chi connectivity index (χ3n) is 25.3. The topological polar surface area (TPSA) is 191 Å². The Morgan fingerprint density at radius 1 is 0.522 bits per heavy atom.